The fraction of sp³-hybridized carbons (Fsp3) is 0.400. The topological polar surface area (TPSA) is 60.4 Å². The molecule has 0 aliphatic heterocycles. The number of hydrogen-bond donors (Lipinski definition) is 1. The molecule has 0 radical (unpaired) electrons. The molecule has 1 N–H and O–H groups in total. The van der Waals surface area contributed by atoms with Crippen LogP contribution in [0.15, 0.2) is 12.2 Å². The second kappa shape index (κ2) is 2.47. The molecule has 0 amide bonds. The Morgan fingerprint density at radius 2 is 2.25 bits per heavy atom. The molecule has 46 valence electrons. The van der Waals surface area contributed by atoms with Gasteiger partial charge in [-0.1, -0.05) is 6.58 Å². The van der Waals surface area contributed by atoms with Crippen LogP contribution in [0.5, 0.6) is 0 Å². The second-order valence-electron chi connectivity index (χ2n) is 1.49. The van der Waals surface area contributed by atoms with Crippen LogP contribution in [0, 0.1) is 0 Å². The maximum absolute atomic E-state index is 9.77. The van der Waals surface area contributed by atoms with Crippen LogP contribution >= 0.6 is 0 Å². The number of carboxylic acid groups (broad SMARTS) is 1. The zero-order chi connectivity index (χ0) is 6.73. The molecular formula is C5H7O3-. The van der Waals surface area contributed by atoms with Gasteiger partial charge < -0.3 is 15.0 Å². The van der Waals surface area contributed by atoms with Crippen molar-refractivity contribution in [2.45, 2.75) is 13.0 Å². The van der Waals surface area contributed by atoms with E-state index in [0.29, 0.717) is 0 Å². The highest BCUT2D eigenvalue weighted by Gasteiger charge is 1.99. The summed E-state index contributed by atoms with van der Waals surface area (Å²) in [7, 11) is 0. The fourth-order valence-corrected chi connectivity index (χ4v) is 0.171. The molecule has 0 aliphatic rings. The summed E-state index contributed by atoms with van der Waals surface area (Å²) in [6.45, 7) is 4.36. The maximum atomic E-state index is 9.77. The average Bonchev–Trinajstić information content (AvgIpc) is 1.64. The number of aliphatic hydroxyl groups is 1. The summed E-state index contributed by atoms with van der Waals surface area (Å²) < 4.78 is 0. The molecular weight excluding hydrogens is 108 g/mol. The van der Waals surface area contributed by atoms with Crippen molar-refractivity contribution in [2.24, 2.45) is 0 Å². The monoisotopic (exact) mass is 115 g/mol. The van der Waals surface area contributed by atoms with Gasteiger partial charge in [-0.3, -0.25) is 0 Å². The Morgan fingerprint density at radius 1 is 1.88 bits per heavy atom. The van der Waals surface area contributed by atoms with E-state index in [9.17, 15) is 9.90 Å². The lowest BCUT2D eigenvalue weighted by molar-refractivity contribution is -0.300. The first-order chi connectivity index (χ1) is 3.55. The van der Waals surface area contributed by atoms with Crippen LogP contribution in [0.3, 0.4) is 0 Å². The number of carbonyl (C=O) groups excluding carboxylic acids is 1. The number of rotatable bonds is 2. The van der Waals surface area contributed by atoms with Gasteiger partial charge in [0.2, 0.25) is 0 Å². The zero-order valence-electron chi connectivity index (χ0n) is 4.55. The van der Waals surface area contributed by atoms with Gasteiger partial charge in [-0.25, -0.2) is 0 Å². The van der Waals surface area contributed by atoms with E-state index in [0.717, 1.165) is 0 Å². The minimum Gasteiger partial charge on any atom is -0.545 e. The van der Waals surface area contributed by atoms with E-state index in [2.05, 4.69) is 6.58 Å². The van der Waals surface area contributed by atoms with Crippen molar-refractivity contribution in [3.63, 3.8) is 0 Å². The summed E-state index contributed by atoms with van der Waals surface area (Å²) in [6, 6.07) is 0. The Labute approximate surface area is 47.3 Å². The molecule has 0 aliphatic carbocycles. The Balaban J connectivity index is 3.84. The Kier molecular flexibility index (Phi) is 2.21. The summed E-state index contributed by atoms with van der Waals surface area (Å²) in [5.41, 5.74) is -0.287. The summed E-state index contributed by atoms with van der Waals surface area (Å²) in [5, 5.41) is 18.2. The molecule has 8 heavy (non-hydrogen) atoms. The molecule has 0 bridgehead atoms. The lowest BCUT2D eigenvalue weighted by Crippen LogP contribution is -2.28. The molecule has 0 rings (SSSR count). The van der Waals surface area contributed by atoms with Crippen molar-refractivity contribution < 1.29 is 15.0 Å². The third-order valence-corrected chi connectivity index (χ3v) is 0.766. The van der Waals surface area contributed by atoms with Crippen LogP contribution in [0.4, 0.5) is 0 Å². The summed E-state index contributed by atoms with van der Waals surface area (Å²) in [5.74, 6) is -1.40. The fourth-order valence-electron chi connectivity index (χ4n) is 0.171. The average molecular weight is 115 g/mol. The largest absolute Gasteiger partial charge is 0.545 e. The first-order valence-corrected chi connectivity index (χ1v) is 2.14. The Bertz CT molecular complexity index is 115. The molecule has 0 saturated heterocycles. The van der Waals surface area contributed by atoms with Crippen molar-refractivity contribution in [2.75, 3.05) is 0 Å². The van der Waals surface area contributed by atoms with E-state index < -0.39 is 12.1 Å². The van der Waals surface area contributed by atoms with Crippen molar-refractivity contribution in [1.82, 2.24) is 0 Å². The first-order valence-electron chi connectivity index (χ1n) is 2.14. The number of aliphatic carboxylic acids is 1. The molecule has 0 aromatic rings. The van der Waals surface area contributed by atoms with Crippen molar-refractivity contribution in [3.05, 3.63) is 12.2 Å². The minimum absolute atomic E-state index is 0.287. The number of carboxylic acids is 1. The van der Waals surface area contributed by atoms with Crippen LogP contribution in [0.1, 0.15) is 6.92 Å². The standard InChI is InChI=1S/C5H8O3/c1-3(4(2)6)5(7)8/h4,6H,1H2,2H3,(H,7,8)/p-1. The van der Waals surface area contributed by atoms with E-state index in [1.165, 1.54) is 6.92 Å². The Morgan fingerprint density at radius 3 is 2.25 bits per heavy atom. The summed E-state index contributed by atoms with van der Waals surface area (Å²) in [4.78, 5) is 9.77. The van der Waals surface area contributed by atoms with Gasteiger partial charge in [0.1, 0.15) is 0 Å². The zero-order valence-corrected chi connectivity index (χ0v) is 4.55. The van der Waals surface area contributed by atoms with Gasteiger partial charge in [0.25, 0.3) is 0 Å². The van der Waals surface area contributed by atoms with Crippen LogP contribution < -0.4 is 5.11 Å². The SMILES string of the molecule is C=C(C(=O)[O-])C(C)O. The highest BCUT2D eigenvalue weighted by Crippen LogP contribution is 1.93. The minimum atomic E-state index is -1.40. The molecule has 0 saturated carbocycles. The number of carbonyl (C=O) groups is 1. The third kappa shape index (κ3) is 1.75. The van der Waals surface area contributed by atoms with E-state index in [1.54, 1.807) is 0 Å². The van der Waals surface area contributed by atoms with Gasteiger partial charge in [-0.2, -0.15) is 0 Å². The molecule has 0 heterocycles. The predicted molar refractivity (Wildman–Crippen MR) is 25.8 cm³/mol. The van der Waals surface area contributed by atoms with Crippen molar-refractivity contribution in [1.29, 1.82) is 0 Å². The van der Waals surface area contributed by atoms with Gasteiger partial charge >= 0.3 is 0 Å². The molecule has 1 atom stereocenters. The van der Waals surface area contributed by atoms with Crippen LogP contribution in [-0.4, -0.2) is 17.2 Å². The van der Waals surface area contributed by atoms with Gasteiger partial charge in [0.05, 0.1) is 12.1 Å². The lowest BCUT2D eigenvalue weighted by atomic mass is 10.2. The van der Waals surface area contributed by atoms with Gasteiger partial charge in [0.15, 0.2) is 0 Å². The number of hydrogen-bond acceptors (Lipinski definition) is 3. The van der Waals surface area contributed by atoms with Crippen molar-refractivity contribution >= 4 is 5.97 Å². The molecule has 3 nitrogen and oxygen atoms in total. The van der Waals surface area contributed by atoms with Crippen LogP contribution in [-0.2, 0) is 4.79 Å². The van der Waals surface area contributed by atoms with Crippen LogP contribution in [0.25, 0.3) is 0 Å². The molecule has 0 aromatic carbocycles. The lowest BCUT2D eigenvalue weighted by Gasteiger charge is -2.07. The van der Waals surface area contributed by atoms with E-state index in [-0.39, 0.29) is 5.57 Å². The third-order valence-electron chi connectivity index (χ3n) is 0.766. The van der Waals surface area contributed by atoms with Gasteiger partial charge in [0, 0.05) is 0 Å². The second-order valence-corrected chi connectivity index (χ2v) is 1.49. The van der Waals surface area contributed by atoms with E-state index >= 15 is 0 Å². The molecule has 0 spiro atoms. The predicted octanol–water partition coefficient (Wildman–Crippen LogP) is -1.33. The highest BCUT2D eigenvalue weighted by molar-refractivity contribution is 5.84. The Hall–Kier alpha value is -0.830. The van der Waals surface area contributed by atoms with Crippen LogP contribution in [0.2, 0.25) is 0 Å². The highest BCUT2D eigenvalue weighted by atomic mass is 16.4. The molecule has 3 heteroatoms. The normalized spacial score (nSPS) is 12.8. The molecule has 1 unspecified atom stereocenters. The summed E-state index contributed by atoms with van der Waals surface area (Å²) >= 11 is 0. The maximum Gasteiger partial charge on any atom is 0.0773 e. The van der Waals surface area contributed by atoms with E-state index in [4.69, 9.17) is 5.11 Å². The summed E-state index contributed by atoms with van der Waals surface area (Å²) in [6.07, 6.45) is -1.01. The van der Waals surface area contributed by atoms with Gasteiger partial charge in [-0.15, -0.1) is 0 Å². The quantitative estimate of drug-likeness (QED) is 0.454. The van der Waals surface area contributed by atoms with Gasteiger partial charge in [-0.05, 0) is 12.5 Å². The first kappa shape index (κ1) is 7.17. The van der Waals surface area contributed by atoms with E-state index in [1.807, 2.05) is 0 Å². The number of aliphatic hydroxyl groups excluding tert-OH is 1. The molecule has 0 aromatic heterocycles. The smallest absolute Gasteiger partial charge is 0.0773 e. The molecule has 0 fully saturated rings. The van der Waals surface area contributed by atoms with Crippen molar-refractivity contribution in [3.8, 4) is 0 Å².